The van der Waals surface area contributed by atoms with Crippen LogP contribution < -0.4 is 0 Å². The van der Waals surface area contributed by atoms with E-state index in [4.69, 9.17) is 30.6 Å². The standard InChI is InChI=1S/C51H30N4O2/c1-4-15-31(16-5-1)35-23-14-26-42-46(35)38-28-27-34(29-43(38)57-42)50-52-49(33-19-8-3-9-20-33)53-51(54-50)55-39-24-12-10-21-36(39)47-40(55)30-44-48(37-22-11-13-25-41(37)56-44)45(47)32-17-6-2-7-18-32/h1-30H/i3D,8D,9D,19D,20D. The van der Waals surface area contributed by atoms with Crippen molar-refractivity contribution in [2.45, 2.75) is 0 Å². The first kappa shape index (κ1) is 26.9. The van der Waals surface area contributed by atoms with Gasteiger partial charge >= 0.3 is 0 Å². The molecule has 6 heteroatoms. The summed E-state index contributed by atoms with van der Waals surface area (Å²) in [5.74, 6) is 0.340. The lowest BCUT2D eigenvalue weighted by Crippen LogP contribution is -2.06. The number of hydrogen-bond donors (Lipinski definition) is 0. The lowest BCUT2D eigenvalue weighted by molar-refractivity contribution is 0.668. The Morgan fingerprint density at radius 2 is 1.09 bits per heavy atom. The predicted molar refractivity (Wildman–Crippen MR) is 230 cm³/mol. The molecule has 0 aliphatic heterocycles. The van der Waals surface area contributed by atoms with Crippen molar-refractivity contribution in [2.24, 2.45) is 0 Å². The van der Waals surface area contributed by atoms with Gasteiger partial charge < -0.3 is 8.83 Å². The molecule has 4 heterocycles. The average molecular weight is 736 g/mol. The van der Waals surface area contributed by atoms with Crippen LogP contribution in [0.4, 0.5) is 0 Å². The van der Waals surface area contributed by atoms with Crippen molar-refractivity contribution in [3.63, 3.8) is 0 Å². The molecule has 266 valence electrons. The highest BCUT2D eigenvalue weighted by molar-refractivity contribution is 6.27. The maximum Gasteiger partial charge on any atom is 0.238 e. The zero-order chi connectivity index (χ0) is 41.8. The third-order valence-corrected chi connectivity index (χ3v) is 10.8. The molecule has 0 saturated carbocycles. The van der Waals surface area contributed by atoms with Crippen molar-refractivity contribution in [1.29, 1.82) is 0 Å². The van der Waals surface area contributed by atoms with E-state index in [1.165, 1.54) is 0 Å². The Bertz CT molecular complexity index is 3790. The molecule has 0 bridgehead atoms. The summed E-state index contributed by atoms with van der Waals surface area (Å²) in [5.41, 5.74) is 8.87. The molecule has 57 heavy (non-hydrogen) atoms. The summed E-state index contributed by atoms with van der Waals surface area (Å²) in [7, 11) is 0. The van der Waals surface area contributed by atoms with Crippen LogP contribution in [0.15, 0.2) is 191 Å². The number of rotatable bonds is 5. The van der Waals surface area contributed by atoms with Crippen LogP contribution >= 0.6 is 0 Å². The molecule has 12 rings (SSSR count). The van der Waals surface area contributed by atoms with Gasteiger partial charge in [0.2, 0.25) is 5.95 Å². The number of hydrogen-bond acceptors (Lipinski definition) is 5. The maximum atomic E-state index is 8.98. The molecule has 0 unspecified atom stereocenters. The summed E-state index contributed by atoms with van der Waals surface area (Å²) >= 11 is 0. The van der Waals surface area contributed by atoms with Crippen molar-refractivity contribution in [1.82, 2.24) is 19.5 Å². The maximum absolute atomic E-state index is 8.98. The fourth-order valence-electron chi connectivity index (χ4n) is 8.33. The number of aromatic nitrogens is 4. The highest BCUT2D eigenvalue weighted by Crippen LogP contribution is 2.46. The van der Waals surface area contributed by atoms with Crippen molar-refractivity contribution < 1.29 is 15.7 Å². The number of nitrogens with zero attached hydrogens (tertiary/aromatic N) is 4. The zero-order valence-electron chi connectivity index (χ0n) is 35.0. The normalized spacial score (nSPS) is 13.1. The van der Waals surface area contributed by atoms with E-state index >= 15 is 0 Å². The molecule has 0 N–H and O–H groups in total. The van der Waals surface area contributed by atoms with Gasteiger partial charge in [-0.15, -0.1) is 0 Å². The van der Waals surface area contributed by atoms with Crippen molar-refractivity contribution in [3.05, 3.63) is 182 Å². The summed E-state index contributed by atoms with van der Waals surface area (Å²) in [6.07, 6.45) is 0. The third-order valence-electron chi connectivity index (χ3n) is 10.8. The van der Waals surface area contributed by atoms with Gasteiger partial charge in [0.1, 0.15) is 22.3 Å². The van der Waals surface area contributed by atoms with Crippen molar-refractivity contribution in [3.8, 4) is 51.0 Å². The lowest BCUT2D eigenvalue weighted by Gasteiger charge is -2.12. The van der Waals surface area contributed by atoms with Crippen LogP contribution in [-0.2, 0) is 0 Å². The Hall–Kier alpha value is -7.83. The molecule has 0 aliphatic carbocycles. The first-order valence-electron chi connectivity index (χ1n) is 21.1. The molecule has 0 spiro atoms. The number of benzene rings is 8. The van der Waals surface area contributed by atoms with Crippen molar-refractivity contribution in [2.75, 3.05) is 0 Å². The van der Waals surface area contributed by atoms with Crippen LogP contribution in [0.25, 0.3) is 117 Å². The van der Waals surface area contributed by atoms with Gasteiger partial charge in [0.25, 0.3) is 0 Å². The highest BCUT2D eigenvalue weighted by atomic mass is 16.3. The molecule has 0 amide bonds. The Balaban J connectivity index is 1.17. The van der Waals surface area contributed by atoms with Crippen LogP contribution in [0.1, 0.15) is 6.85 Å². The Morgan fingerprint density at radius 1 is 0.421 bits per heavy atom. The molecule has 0 aliphatic rings. The van der Waals surface area contributed by atoms with Gasteiger partial charge in [-0.05, 0) is 47.0 Å². The predicted octanol–water partition coefficient (Wildman–Crippen LogP) is 13.4. The summed E-state index contributed by atoms with van der Waals surface area (Å²) < 4.78 is 58.4. The summed E-state index contributed by atoms with van der Waals surface area (Å²) in [4.78, 5) is 15.0. The van der Waals surface area contributed by atoms with Gasteiger partial charge in [0.05, 0.1) is 17.9 Å². The van der Waals surface area contributed by atoms with Crippen LogP contribution in [0, 0.1) is 0 Å². The van der Waals surface area contributed by atoms with Gasteiger partial charge in [-0.25, -0.2) is 4.98 Å². The first-order valence-corrected chi connectivity index (χ1v) is 18.6. The van der Waals surface area contributed by atoms with Crippen LogP contribution in [0.5, 0.6) is 0 Å². The second kappa shape index (κ2) is 12.3. The number of furan rings is 2. The molecule has 8 aromatic carbocycles. The highest BCUT2D eigenvalue weighted by Gasteiger charge is 2.24. The molecule has 6 nitrogen and oxygen atoms in total. The smallest absolute Gasteiger partial charge is 0.238 e. The molecular formula is C51H30N4O2. The number of para-hydroxylation sites is 2. The number of fused-ring (bicyclic) bond motifs is 9. The van der Waals surface area contributed by atoms with E-state index in [0.29, 0.717) is 16.7 Å². The molecular weight excluding hydrogens is 701 g/mol. The summed E-state index contributed by atoms with van der Waals surface area (Å²) in [5, 5.41) is 5.76. The average Bonchev–Trinajstić information content (AvgIpc) is 3.99. The van der Waals surface area contributed by atoms with Crippen molar-refractivity contribution >= 4 is 65.7 Å². The summed E-state index contributed by atoms with van der Waals surface area (Å²) in [6.45, 7) is 0. The van der Waals surface area contributed by atoms with E-state index in [0.717, 1.165) is 76.8 Å². The second-order valence-electron chi connectivity index (χ2n) is 14.0. The molecule has 12 aromatic rings. The molecule has 0 atom stereocenters. The van der Waals surface area contributed by atoms with E-state index in [-0.39, 0.29) is 23.2 Å². The SMILES string of the molecule is [2H]c1c([2H])c([2H])c(-c2nc(-c3ccc4c(c3)oc3cccc(-c5ccccc5)c34)nc(-n3c4ccccc4c4c(-c5ccccc5)c5c(cc43)oc3ccccc35)n2)c([2H])c1[2H]. The fraction of sp³-hybridized carbons (Fsp3) is 0. The van der Waals surface area contributed by atoms with Crippen LogP contribution in [-0.4, -0.2) is 19.5 Å². The fourth-order valence-corrected chi connectivity index (χ4v) is 8.33. The first-order chi connectivity index (χ1) is 30.3. The minimum Gasteiger partial charge on any atom is -0.456 e. The largest absolute Gasteiger partial charge is 0.456 e. The van der Waals surface area contributed by atoms with Gasteiger partial charge in [-0.2, -0.15) is 9.97 Å². The molecule has 4 aromatic heterocycles. The van der Waals surface area contributed by atoms with Gasteiger partial charge in [0.15, 0.2) is 11.6 Å². The summed E-state index contributed by atoms with van der Waals surface area (Å²) in [6, 6.07) is 47.9. The Morgan fingerprint density at radius 3 is 1.91 bits per heavy atom. The Labute approximate surface area is 332 Å². The lowest BCUT2D eigenvalue weighted by atomic mass is 9.94. The van der Waals surface area contributed by atoms with E-state index in [1.807, 2.05) is 114 Å². The molecule has 0 fully saturated rings. The Kier molecular flexibility index (Phi) is 5.82. The van der Waals surface area contributed by atoms with Gasteiger partial charge in [-0.1, -0.05) is 145 Å². The minimum absolute atomic E-state index is 0.0721. The van der Waals surface area contributed by atoms with E-state index in [9.17, 15) is 0 Å². The van der Waals surface area contributed by atoms with Gasteiger partial charge in [0, 0.05) is 55.1 Å². The topological polar surface area (TPSA) is 69.9 Å². The van der Waals surface area contributed by atoms with E-state index in [1.54, 1.807) is 0 Å². The minimum atomic E-state index is -0.505. The van der Waals surface area contributed by atoms with Crippen LogP contribution in [0.3, 0.4) is 0 Å². The van der Waals surface area contributed by atoms with E-state index < -0.39 is 30.2 Å². The van der Waals surface area contributed by atoms with Gasteiger partial charge in [-0.3, -0.25) is 4.57 Å². The monoisotopic (exact) mass is 735 g/mol. The second-order valence-corrected chi connectivity index (χ2v) is 14.0. The zero-order valence-corrected chi connectivity index (χ0v) is 30.0. The third kappa shape index (κ3) is 4.87. The quantitative estimate of drug-likeness (QED) is 0.176. The molecule has 0 radical (unpaired) electrons. The van der Waals surface area contributed by atoms with Crippen LogP contribution in [0.2, 0.25) is 0 Å². The molecule has 0 saturated heterocycles. The van der Waals surface area contributed by atoms with E-state index in [2.05, 4.69) is 42.5 Å².